The van der Waals surface area contributed by atoms with Crippen LogP contribution in [-0.4, -0.2) is 9.78 Å². The van der Waals surface area contributed by atoms with Gasteiger partial charge in [0.15, 0.2) is 0 Å². The Kier molecular flexibility index (Phi) is 3.77. The van der Waals surface area contributed by atoms with Gasteiger partial charge in [0.1, 0.15) is 5.82 Å². The molecule has 0 unspecified atom stereocenters. The van der Waals surface area contributed by atoms with Gasteiger partial charge in [-0.05, 0) is 41.0 Å². The number of aryl methyl sites for hydroxylation is 1. The second-order valence-corrected chi connectivity index (χ2v) is 7.38. The second-order valence-electron chi connectivity index (χ2n) is 4.57. The van der Waals surface area contributed by atoms with E-state index in [0.717, 1.165) is 17.9 Å². The van der Waals surface area contributed by atoms with Crippen LogP contribution in [0.15, 0.2) is 11.4 Å². The number of anilines is 1. The van der Waals surface area contributed by atoms with Gasteiger partial charge >= 0.3 is 0 Å². The number of nitrogens with zero attached hydrogens (tertiary/aromatic N) is 2. The van der Waals surface area contributed by atoms with Gasteiger partial charge in [0.05, 0.1) is 8.58 Å². The van der Waals surface area contributed by atoms with Gasteiger partial charge in [0, 0.05) is 23.6 Å². The third kappa shape index (κ3) is 2.65. The fourth-order valence-electron chi connectivity index (χ4n) is 1.86. The quantitative estimate of drug-likeness (QED) is 0.850. The first-order valence-corrected chi connectivity index (χ1v) is 7.50. The maximum atomic E-state index is 6.10. The van der Waals surface area contributed by atoms with E-state index in [2.05, 4.69) is 53.0 Å². The first-order valence-electron chi connectivity index (χ1n) is 5.54. The molecule has 2 N–H and O–H groups in total. The minimum atomic E-state index is 0.581. The molecule has 0 bridgehead atoms. The van der Waals surface area contributed by atoms with Crippen LogP contribution in [0.25, 0.3) is 11.3 Å². The average Bonchev–Trinajstić information content (AvgIpc) is 2.77. The molecule has 0 saturated carbocycles. The van der Waals surface area contributed by atoms with Crippen molar-refractivity contribution in [1.82, 2.24) is 9.78 Å². The molecule has 3 nitrogen and oxygen atoms in total. The van der Waals surface area contributed by atoms with E-state index >= 15 is 0 Å². The van der Waals surface area contributed by atoms with Gasteiger partial charge in [-0.1, -0.05) is 13.8 Å². The van der Waals surface area contributed by atoms with Crippen LogP contribution in [0.2, 0.25) is 0 Å². The van der Waals surface area contributed by atoms with Crippen LogP contribution >= 0.6 is 33.9 Å². The summed E-state index contributed by atoms with van der Waals surface area (Å²) in [6.07, 6.45) is 0.974. The van der Waals surface area contributed by atoms with Crippen molar-refractivity contribution in [1.29, 1.82) is 0 Å². The molecule has 0 aliphatic heterocycles. The van der Waals surface area contributed by atoms with Crippen molar-refractivity contribution >= 4 is 39.7 Å². The van der Waals surface area contributed by atoms with E-state index in [1.165, 1.54) is 14.0 Å². The Bertz CT molecular complexity index is 528. The van der Waals surface area contributed by atoms with Gasteiger partial charge in [-0.25, -0.2) is 0 Å². The molecule has 92 valence electrons. The Morgan fingerprint density at radius 1 is 1.53 bits per heavy atom. The first kappa shape index (κ1) is 12.9. The number of hydrogen-bond donors (Lipinski definition) is 1. The van der Waals surface area contributed by atoms with Crippen molar-refractivity contribution in [3.05, 3.63) is 19.9 Å². The summed E-state index contributed by atoms with van der Waals surface area (Å²) in [6, 6.07) is 2.16. The van der Waals surface area contributed by atoms with Crippen LogP contribution in [0.1, 0.15) is 19.4 Å². The van der Waals surface area contributed by atoms with E-state index in [9.17, 15) is 0 Å². The van der Waals surface area contributed by atoms with Gasteiger partial charge in [0.2, 0.25) is 0 Å². The largest absolute Gasteiger partial charge is 0.384 e. The van der Waals surface area contributed by atoms with Gasteiger partial charge in [0.25, 0.3) is 0 Å². The topological polar surface area (TPSA) is 43.8 Å². The highest BCUT2D eigenvalue weighted by Gasteiger charge is 2.17. The number of rotatable bonds is 3. The molecule has 0 radical (unpaired) electrons. The predicted octanol–water partition coefficient (Wildman–Crippen LogP) is 3.53. The van der Waals surface area contributed by atoms with E-state index in [1.807, 2.05) is 7.05 Å². The first-order chi connectivity index (χ1) is 7.99. The molecule has 0 amide bonds. The monoisotopic (exact) mass is 361 g/mol. The molecule has 0 spiro atoms. The standard InChI is InChI=1S/C12H16IN3S/c1-7(2)4-9-11(15-16(3)12(9)14)8-5-10(13)17-6-8/h5-7H,4,14H2,1-3H3. The summed E-state index contributed by atoms with van der Waals surface area (Å²) >= 11 is 4.07. The molecule has 0 saturated heterocycles. The van der Waals surface area contributed by atoms with Crippen molar-refractivity contribution in [2.45, 2.75) is 20.3 Å². The van der Waals surface area contributed by atoms with Crippen LogP contribution in [0.5, 0.6) is 0 Å². The molecule has 2 aromatic rings. The average molecular weight is 361 g/mol. The number of thiophene rings is 1. The summed E-state index contributed by atoms with van der Waals surface area (Å²) in [6.45, 7) is 4.40. The highest BCUT2D eigenvalue weighted by Crippen LogP contribution is 2.32. The molecule has 0 atom stereocenters. The molecule has 2 rings (SSSR count). The van der Waals surface area contributed by atoms with E-state index in [4.69, 9.17) is 5.73 Å². The Labute approximate surface area is 119 Å². The van der Waals surface area contributed by atoms with Gasteiger partial charge < -0.3 is 5.73 Å². The molecular weight excluding hydrogens is 345 g/mol. The lowest BCUT2D eigenvalue weighted by Crippen LogP contribution is -2.01. The molecule has 2 aromatic heterocycles. The molecule has 0 fully saturated rings. The smallest absolute Gasteiger partial charge is 0.125 e. The zero-order chi connectivity index (χ0) is 12.6. The minimum absolute atomic E-state index is 0.581. The molecule has 0 aliphatic carbocycles. The molecule has 0 aromatic carbocycles. The molecular formula is C12H16IN3S. The summed E-state index contributed by atoms with van der Waals surface area (Å²) in [4.78, 5) is 0. The van der Waals surface area contributed by atoms with Crippen molar-refractivity contribution in [2.24, 2.45) is 13.0 Å². The van der Waals surface area contributed by atoms with Crippen molar-refractivity contribution in [3.8, 4) is 11.3 Å². The van der Waals surface area contributed by atoms with Gasteiger partial charge in [-0.3, -0.25) is 4.68 Å². The van der Waals surface area contributed by atoms with E-state index < -0.39 is 0 Å². The van der Waals surface area contributed by atoms with Crippen LogP contribution in [0.3, 0.4) is 0 Å². The van der Waals surface area contributed by atoms with Crippen molar-refractivity contribution in [3.63, 3.8) is 0 Å². The zero-order valence-corrected chi connectivity index (χ0v) is 13.2. The maximum absolute atomic E-state index is 6.10. The van der Waals surface area contributed by atoms with E-state index in [1.54, 1.807) is 16.0 Å². The number of halogens is 1. The van der Waals surface area contributed by atoms with E-state index in [0.29, 0.717) is 5.92 Å². The number of nitrogens with two attached hydrogens (primary N) is 1. The molecule has 17 heavy (non-hydrogen) atoms. The second kappa shape index (κ2) is 4.97. The fourth-order valence-corrected chi connectivity index (χ4v) is 3.19. The van der Waals surface area contributed by atoms with Crippen LogP contribution in [-0.2, 0) is 13.5 Å². The predicted molar refractivity (Wildman–Crippen MR) is 82.2 cm³/mol. The summed E-state index contributed by atoms with van der Waals surface area (Å²) in [5, 5.41) is 6.69. The highest BCUT2D eigenvalue weighted by atomic mass is 127. The Hall–Kier alpha value is -0.560. The summed E-state index contributed by atoms with van der Waals surface area (Å²) in [7, 11) is 1.90. The molecule has 0 aliphatic rings. The fraction of sp³-hybridized carbons (Fsp3) is 0.417. The number of nitrogen functional groups attached to an aromatic ring is 1. The Morgan fingerprint density at radius 3 is 2.76 bits per heavy atom. The SMILES string of the molecule is CC(C)Cc1c(-c2csc(I)c2)nn(C)c1N. The van der Waals surface area contributed by atoms with E-state index in [-0.39, 0.29) is 0 Å². The molecule has 2 heterocycles. The van der Waals surface area contributed by atoms with Gasteiger partial charge in [-0.2, -0.15) is 5.10 Å². The summed E-state index contributed by atoms with van der Waals surface area (Å²) in [5.74, 6) is 1.37. The summed E-state index contributed by atoms with van der Waals surface area (Å²) in [5.41, 5.74) is 9.50. The Morgan fingerprint density at radius 2 is 2.24 bits per heavy atom. The molecule has 5 heteroatoms. The third-order valence-electron chi connectivity index (χ3n) is 2.65. The van der Waals surface area contributed by atoms with Crippen molar-refractivity contribution in [2.75, 3.05) is 5.73 Å². The highest BCUT2D eigenvalue weighted by molar-refractivity contribution is 14.1. The van der Waals surface area contributed by atoms with Crippen LogP contribution in [0, 0.1) is 8.80 Å². The van der Waals surface area contributed by atoms with Crippen LogP contribution in [0.4, 0.5) is 5.82 Å². The third-order valence-corrected chi connectivity index (χ3v) is 4.44. The zero-order valence-electron chi connectivity index (χ0n) is 10.2. The lowest BCUT2D eigenvalue weighted by molar-refractivity contribution is 0.648. The lowest BCUT2D eigenvalue weighted by atomic mass is 10.0. The maximum Gasteiger partial charge on any atom is 0.125 e. The normalized spacial score (nSPS) is 11.4. The Balaban J connectivity index is 2.49. The summed E-state index contributed by atoms with van der Waals surface area (Å²) < 4.78 is 3.05. The van der Waals surface area contributed by atoms with Gasteiger partial charge in [-0.15, -0.1) is 11.3 Å². The van der Waals surface area contributed by atoms with Crippen molar-refractivity contribution < 1.29 is 0 Å². The lowest BCUT2D eigenvalue weighted by Gasteiger charge is -2.05. The van der Waals surface area contributed by atoms with Crippen LogP contribution < -0.4 is 5.73 Å². The number of aromatic nitrogens is 2. The minimum Gasteiger partial charge on any atom is -0.384 e. The number of hydrogen-bond acceptors (Lipinski definition) is 3.